The van der Waals surface area contributed by atoms with Gasteiger partial charge in [0.1, 0.15) is 0 Å². The summed E-state index contributed by atoms with van der Waals surface area (Å²) in [5.41, 5.74) is 0.845. The van der Waals surface area contributed by atoms with Crippen molar-refractivity contribution >= 4 is 17.7 Å². The van der Waals surface area contributed by atoms with Gasteiger partial charge in [-0.25, -0.2) is 18.6 Å². The van der Waals surface area contributed by atoms with Gasteiger partial charge in [-0.2, -0.15) is 0 Å². The van der Waals surface area contributed by atoms with Crippen LogP contribution in [0.25, 0.3) is 22.8 Å². The molecule has 0 fully saturated rings. The summed E-state index contributed by atoms with van der Waals surface area (Å²) >= 11 is 1.58. The third-order valence-electron chi connectivity index (χ3n) is 3.61. The molecular formula is C19H15F2NO3S. The molecule has 2 aromatic carbocycles. The number of oxazole rings is 1. The van der Waals surface area contributed by atoms with Crippen LogP contribution in [0.4, 0.5) is 8.78 Å². The minimum Gasteiger partial charge on any atom is -0.461 e. The van der Waals surface area contributed by atoms with E-state index in [2.05, 4.69) is 4.98 Å². The Morgan fingerprint density at radius 2 is 1.81 bits per heavy atom. The number of carbonyl (C=O) groups is 1. The van der Waals surface area contributed by atoms with Crippen molar-refractivity contribution in [1.82, 2.24) is 4.98 Å². The number of carbonyl (C=O) groups excluding carboxylic acids is 1. The number of thioether (sulfide) groups is 1. The highest BCUT2D eigenvalue weighted by Gasteiger charge is 2.23. The average Bonchev–Trinajstić information content (AvgIpc) is 3.10. The zero-order chi connectivity index (χ0) is 18.7. The Hall–Kier alpha value is -2.67. The van der Waals surface area contributed by atoms with Gasteiger partial charge >= 0.3 is 5.97 Å². The molecule has 0 aliphatic heterocycles. The monoisotopic (exact) mass is 375 g/mol. The van der Waals surface area contributed by atoms with E-state index in [1.54, 1.807) is 30.8 Å². The Morgan fingerprint density at radius 1 is 1.12 bits per heavy atom. The Labute approximate surface area is 153 Å². The van der Waals surface area contributed by atoms with Crippen molar-refractivity contribution < 1.29 is 22.7 Å². The maximum Gasteiger partial charge on any atom is 0.361 e. The van der Waals surface area contributed by atoms with Gasteiger partial charge in [-0.15, -0.1) is 11.8 Å². The molecule has 0 amide bonds. The number of hydrogen-bond donors (Lipinski definition) is 0. The third kappa shape index (κ3) is 3.62. The van der Waals surface area contributed by atoms with E-state index in [-0.39, 0.29) is 29.5 Å². The topological polar surface area (TPSA) is 52.3 Å². The van der Waals surface area contributed by atoms with Crippen LogP contribution in [0, 0.1) is 11.6 Å². The largest absolute Gasteiger partial charge is 0.461 e. The fourth-order valence-electron chi connectivity index (χ4n) is 2.35. The van der Waals surface area contributed by atoms with Crippen LogP contribution in [0.1, 0.15) is 17.4 Å². The van der Waals surface area contributed by atoms with E-state index in [0.717, 1.165) is 17.0 Å². The Kier molecular flexibility index (Phi) is 5.37. The normalized spacial score (nSPS) is 10.8. The van der Waals surface area contributed by atoms with Crippen LogP contribution in [-0.4, -0.2) is 23.8 Å². The molecule has 0 N–H and O–H groups in total. The zero-order valence-corrected chi connectivity index (χ0v) is 14.9. The summed E-state index contributed by atoms with van der Waals surface area (Å²) in [6, 6.07) is 10.6. The van der Waals surface area contributed by atoms with Gasteiger partial charge in [-0.05, 0) is 43.5 Å². The van der Waals surface area contributed by atoms with Gasteiger partial charge in [-0.1, -0.05) is 12.1 Å². The van der Waals surface area contributed by atoms with Crippen LogP contribution in [-0.2, 0) is 4.74 Å². The highest BCUT2D eigenvalue weighted by Crippen LogP contribution is 2.32. The van der Waals surface area contributed by atoms with E-state index >= 15 is 0 Å². The number of benzene rings is 2. The lowest BCUT2D eigenvalue weighted by molar-refractivity contribution is 0.0520. The van der Waals surface area contributed by atoms with E-state index < -0.39 is 17.6 Å². The van der Waals surface area contributed by atoms with Crippen LogP contribution in [0.3, 0.4) is 0 Å². The van der Waals surface area contributed by atoms with Crippen LogP contribution in [0.5, 0.6) is 0 Å². The summed E-state index contributed by atoms with van der Waals surface area (Å²) in [4.78, 5) is 17.4. The van der Waals surface area contributed by atoms with Gasteiger partial charge in [0.05, 0.1) is 6.61 Å². The molecule has 134 valence electrons. The number of ether oxygens (including phenoxy) is 1. The highest BCUT2D eigenvalue weighted by molar-refractivity contribution is 7.98. The second-order valence-corrected chi connectivity index (χ2v) is 6.15. The first-order valence-electron chi connectivity index (χ1n) is 7.81. The molecule has 0 saturated carbocycles. The molecule has 0 bridgehead atoms. The molecule has 0 saturated heterocycles. The van der Waals surface area contributed by atoms with E-state index in [1.165, 1.54) is 6.07 Å². The Morgan fingerprint density at radius 3 is 2.42 bits per heavy atom. The van der Waals surface area contributed by atoms with E-state index in [4.69, 9.17) is 9.15 Å². The lowest BCUT2D eigenvalue weighted by Gasteiger charge is -2.02. The molecule has 1 aromatic heterocycles. The van der Waals surface area contributed by atoms with E-state index in [9.17, 15) is 13.6 Å². The number of halogens is 2. The van der Waals surface area contributed by atoms with Gasteiger partial charge in [-0.3, -0.25) is 0 Å². The first-order chi connectivity index (χ1) is 12.5. The first-order valence-corrected chi connectivity index (χ1v) is 9.03. The second kappa shape index (κ2) is 7.70. The maximum absolute atomic E-state index is 13.5. The molecule has 3 aromatic rings. The van der Waals surface area contributed by atoms with Crippen LogP contribution >= 0.6 is 11.8 Å². The van der Waals surface area contributed by atoms with Crippen LogP contribution in [0.2, 0.25) is 0 Å². The number of rotatable bonds is 5. The molecule has 0 spiro atoms. The van der Waals surface area contributed by atoms with E-state index in [1.807, 2.05) is 18.4 Å². The Bertz CT molecular complexity index is 938. The third-order valence-corrected chi connectivity index (χ3v) is 4.36. The molecule has 26 heavy (non-hydrogen) atoms. The van der Waals surface area contributed by atoms with Crippen molar-refractivity contribution in [2.75, 3.05) is 12.9 Å². The van der Waals surface area contributed by atoms with Gasteiger partial charge < -0.3 is 9.15 Å². The van der Waals surface area contributed by atoms with Crippen molar-refractivity contribution in [3.8, 4) is 22.8 Å². The number of esters is 1. The average molecular weight is 375 g/mol. The molecular weight excluding hydrogens is 360 g/mol. The summed E-state index contributed by atoms with van der Waals surface area (Å²) in [5, 5.41) is 0. The minimum atomic E-state index is -1.02. The lowest BCUT2D eigenvalue weighted by atomic mass is 10.1. The van der Waals surface area contributed by atoms with Crippen LogP contribution in [0.15, 0.2) is 51.8 Å². The summed E-state index contributed by atoms with van der Waals surface area (Å²) in [6.07, 6.45) is 1.95. The first kappa shape index (κ1) is 18.1. The molecule has 3 rings (SSSR count). The van der Waals surface area contributed by atoms with Crippen molar-refractivity contribution in [3.63, 3.8) is 0 Å². The summed E-state index contributed by atoms with van der Waals surface area (Å²) in [6.45, 7) is 1.86. The molecule has 0 aliphatic carbocycles. The van der Waals surface area contributed by atoms with Gasteiger partial charge in [0, 0.05) is 16.0 Å². The standard InChI is InChI=1S/C19H15F2NO3S/c1-3-24-19(23)16-17(11-4-7-13(26-2)8-5-11)25-18(22-16)12-6-9-14(20)15(21)10-12/h4-10H,3H2,1-2H3. The predicted octanol–water partition coefficient (Wildman–Crippen LogP) is 5.19. The minimum absolute atomic E-state index is 0.0101. The van der Waals surface area contributed by atoms with Crippen molar-refractivity contribution in [1.29, 1.82) is 0 Å². The predicted molar refractivity (Wildman–Crippen MR) is 95.0 cm³/mol. The number of aromatic nitrogens is 1. The quantitative estimate of drug-likeness (QED) is 0.454. The fraction of sp³-hybridized carbons (Fsp3) is 0.158. The van der Waals surface area contributed by atoms with Crippen molar-refractivity contribution in [2.45, 2.75) is 11.8 Å². The molecule has 4 nitrogen and oxygen atoms in total. The summed E-state index contributed by atoms with van der Waals surface area (Å²) < 4.78 is 37.4. The smallest absolute Gasteiger partial charge is 0.361 e. The maximum atomic E-state index is 13.5. The van der Waals surface area contributed by atoms with Crippen molar-refractivity contribution in [2.24, 2.45) is 0 Å². The second-order valence-electron chi connectivity index (χ2n) is 5.27. The van der Waals surface area contributed by atoms with E-state index in [0.29, 0.717) is 5.56 Å². The van der Waals surface area contributed by atoms with Gasteiger partial charge in [0.25, 0.3) is 0 Å². The highest BCUT2D eigenvalue weighted by atomic mass is 32.2. The Balaban J connectivity index is 2.10. The summed E-state index contributed by atoms with van der Waals surface area (Å²) in [5.74, 6) is -2.41. The molecule has 7 heteroatoms. The lowest BCUT2D eigenvalue weighted by Crippen LogP contribution is -2.06. The number of hydrogen-bond acceptors (Lipinski definition) is 5. The molecule has 0 radical (unpaired) electrons. The SMILES string of the molecule is CCOC(=O)c1nc(-c2ccc(F)c(F)c2)oc1-c1ccc(SC)cc1. The number of nitrogens with zero attached hydrogens (tertiary/aromatic N) is 1. The van der Waals surface area contributed by atoms with Crippen LogP contribution < -0.4 is 0 Å². The summed E-state index contributed by atoms with van der Waals surface area (Å²) in [7, 11) is 0. The molecule has 0 unspecified atom stereocenters. The molecule has 0 atom stereocenters. The fourth-order valence-corrected chi connectivity index (χ4v) is 2.76. The van der Waals surface area contributed by atoms with Gasteiger partial charge in [0.15, 0.2) is 23.1 Å². The molecule has 0 aliphatic rings. The van der Waals surface area contributed by atoms with Crippen molar-refractivity contribution in [3.05, 3.63) is 59.8 Å². The zero-order valence-electron chi connectivity index (χ0n) is 14.1. The van der Waals surface area contributed by atoms with Gasteiger partial charge in [0.2, 0.25) is 5.89 Å². The molecule has 1 heterocycles.